The predicted molar refractivity (Wildman–Crippen MR) is 130 cm³/mol. The summed E-state index contributed by atoms with van der Waals surface area (Å²) >= 11 is 0. The Labute approximate surface area is 195 Å². The lowest BCUT2D eigenvalue weighted by Gasteiger charge is -2.40. The molecule has 1 aromatic carbocycles. The van der Waals surface area contributed by atoms with E-state index >= 15 is 0 Å². The van der Waals surface area contributed by atoms with Crippen molar-refractivity contribution in [2.75, 3.05) is 6.54 Å². The number of benzene rings is 1. The standard InChI is InChI=1S/C25H34N6O2/c1-24(2,3)29-14-20(13-27)31(23(32)33)15-19-6-5-9-25(4,11-19)16-30-17-28-21-8-7-18(12-26)10-22(21)30/h7-8,10,13-14,17,19-20,27H,5-6,9,11,15-16H2,1-4H3,(H,32,33). The molecular weight excluding hydrogens is 416 g/mol. The first-order valence-corrected chi connectivity index (χ1v) is 11.4. The molecule has 1 aliphatic rings. The summed E-state index contributed by atoms with van der Waals surface area (Å²) in [4.78, 5) is 22.3. The van der Waals surface area contributed by atoms with Gasteiger partial charge >= 0.3 is 6.09 Å². The van der Waals surface area contributed by atoms with Crippen molar-refractivity contribution in [3.63, 3.8) is 0 Å². The molecule has 33 heavy (non-hydrogen) atoms. The third-order valence-corrected chi connectivity index (χ3v) is 6.32. The third kappa shape index (κ3) is 6.19. The number of amides is 1. The van der Waals surface area contributed by atoms with Gasteiger partial charge in [0.05, 0.1) is 34.5 Å². The molecule has 3 atom stereocenters. The van der Waals surface area contributed by atoms with Gasteiger partial charge in [0.1, 0.15) is 6.04 Å². The van der Waals surface area contributed by atoms with Gasteiger partial charge in [-0.3, -0.25) is 9.89 Å². The summed E-state index contributed by atoms with van der Waals surface area (Å²) in [6.45, 7) is 9.23. The lowest BCUT2D eigenvalue weighted by Crippen LogP contribution is -2.46. The summed E-state index contributed by atoms with van der Waals surface area (Å²) < 4.78 is 2.11. The van der Waals surface area contributed by atoms with Gasteiger partial charge in [0.2, 0.25) is 0 Å². The summed E-state index contributed by atoms with van der Waals surface area (Å²) in [5, 5.41) is 26.9. The number of aliphatic imine (C=N–C) groups is 1. The van der Waals surface area contributed by atoms with E-state index in [4.69, 9.17) is 5.41 Å². The van der Waals surface area contributed by atoms with Crippen LogP contribution in [0.25, 0.3) is 11.0 Å². The highest BCUT2D eigenvalue weighted by molar-refractivity contribution is 5.90. The number of aromatic nitrogens is 2. The minimum Gasteiger partial charge on any atom is -0.465 e. The van der Waals surface area contributed by atoms with Crippen LogP contribution in [0.1, 0.15) is 58.9 Å². The normalized spacial score (nSPS) is 22.2. The van der Waals surface area contributed by atoms with Crippen molar-refractivity contribution < 1.29 is 9.90 Å². The molecule has 1 aliphatic carbocycles. The number of imidazole rings is 1. The Morgan fingerprint density at radius 3 is 2.91 bits per heavy atom. The molecule has 8 heteroatoms. The predicted octanol–water partition coefficient (Wildman–Crippen LogP) is 4.97. The van der Waals surface area contributed by atoms with Gasteiger partial charge in [0.25, 0.3) is 0 Å². The molecule has 3 rings (SSSR count). The zero-order chi connectivity index (χ0) is 24.2. The van der Waals surface area contributed by atoms with Crippen LogP contribution in [0.2, 0.25) is 0 Å². The molecule has 3 unspecified atom stereocenters. The first-order chi connectivity index (χ1) is 15.5. The van der Waals surface area contributed by atoms with Gasteiger partial charge < -0.3 is 15.1 Å². The number of nitriles is 1. The topological polar surface area (TPSA) is 118 Å². The largest absolute Gasteiger partial charge is 0.465 e. The van der Waals surface area contributed by atoms with Crippen molar-refractivity contribution in [2.24, 2.45) is 16.3 Å². The van der Waals surface area contributed by atoms with Gasteiger partial charge in [-0.1, -0.05) is 13.3 Å². The van der Waals surface area contributed by atoms with E-state index in [0.29, 0.717) is 12.1 Å². The van der Waals surface area contributed by atoms with Gasteiger partial charge in [0, 0.05) is 25.5 Å². The fourth-order valence-electron chi connectivity index (χ4n) is 4.80. The Morgan fingerprint density at radius 2 is 2.27 bits per heavy atom. The van der Waals surface area contributed by atoms with Gasteiger partial charge in [-0.15, -0.1) is 0 Å². The van der Waals surface area contributed by atoms with Crippen LogP contribution in [-0.4, -0.2) is 56.2 Å². The van der Waals surface area contributed by atoms with Crippen molar-refractivity contribution in [3.8, 4) is 6.07 Å². The van der Waals surface area contributed by atoms with Crippen LogP contribution in [-0.2, 0) is 6.54 Å². The molecule has 1 amide bonds. The maximum atomic E-state index is 12.0. The van der Waals surface area contributed by atoms with E-state index in [-0.39, 0.29) is 16.9 Å². The Kier molecular flexibility index (Phi) is 7.21. The van der Waals surface area contributed by atoms with Crippen LogP contribution >= 0.6 is 0 Å². The van der Waals surface area contributed by atoms with E-state index in [2.05, 4.69) is 27.5 Å². The molecule has 1 saturated carbocycles. The molecule has 176 valence electrons. The number of fused-ring (bicyclic) bond motifs is 1. The SMILES string of the molecule is CC1(Cn2cnc3ccc(C#N)cc32)CCCC(CN(C(=O)O)C(C=N)C=NC(C)(C)C)C1. The van der Waals surface area contributed by atoms with E-state index in [1.807, 2.05) is 39.2 Å². The van der Waals surface area contributed by atoms with Gasteiger partial charge in [-0.25, -0.2) is 9.78 Å². The number of carboxylic acid groups (broad SMARTS) is 1. The molecule has 1 heterocycles. The molecule has 2 aromatic rings. The van der Waals surface area contributed by atoms with Crippen LogP contribution in [0.5, 0.6) is 0 Å². The van der Waals surface area contributed by atoms with E-state index in [9.17, 15) is 15.2 Å². The lowest BCUT2D eigenvalue weighted by atomic mass is 9.70. The summed E-state index contributed by atoms with van der Waals surface area (Å²) in [5.41, 5.74) is 2.10. The van der Waals surface area contributed by atoms with Crippen molar-refractivity contribution in [3.05, 3.63) is 30.1 Å². The summed E-state index contributed by atoms with van der Waals surface area (Å²) in [6.07, 6.45) is 7.45. The molecule has 0 spiro atoms. The van der Waals surface area contributed by atoms with Gasteiger partial charge in [-0.05, 0) is 69.6 Å². The van der Waals surface area contributed by atoms with Crippen molar-refractivity contribution in [1.29, 1.82) is 10.7 Å². The van der Waals surface area contributed by atoms with Crippen molar-refractivity contribution >= 4 is 29.6 Å². The fourth-order valence-corrected chi connectivity index (χ4v) is 4.80. The Hall–Kier alpha value is -3.21. The summed E-state index contributed by atoms with van der Waals surface area (Å²) in [6, 6.07) is 7.05. The second-order valence-electron chi connectivity index (χ2n) is 10.5. The van der Waals surface area contributed by atoms with Crippen LogP contribution in [0.3, 0.4) is 0 Å². The molecule has 0 aliphatic heterocycles. The van der Waals surface area contributed by atoms with Crippen molar-refractivity contribution in [1.82, 2.24) is 14.5 Å². The second kappa shape index (κ2) is 9.74. The number of nitrogens with one attached hydrogen (secondary N) is 1. The highest BCUT2D eigenvalue weighted by atomic mass is 16.4. The number of hydrogen-bond acceptors (Lipinski definition) is 5. The first-order valence-electron chi connectivity index (χ1n) is 11.4. The first kappa shape index (κ1) is 24.4. The van der Waals surface area contributed by atoms with Crippen LogP contribution in [0, 0.1) is 28.1 Å². The highest BCUT2D eigenvalue weighted by Crippen LogP contribution is 2.41. The fraction of sp³-hybridized carbons (Fsp3) is 0.560. The van der Waals surface area contributed by atoms with E-state index in [1.54, 1.807) is 12.3 Å². The Morgan fingerprint density at radius 1 is 1.52 bits per heavy atom. The van der Waals surface area contributed by atoms with Crippen LogP contribution < -0.4 is 0 Å². The molecule has 0 radical (unpaired) electrons. The zero-order valence-electron chi connectivity index (χ0n) is 20.0. The summed E-state index contributed by atoms with van der Waals surface area (Å²) in [5.74, 6) is 0.204. The van der Waals surface area contributed by atoms with E-state index < -0.39 is 12.1 Å². The highest BCUT2D eigenvalue weighted by Gasteiger charge is 2.35. The maximum absolute atomic E-state index is 12.0. The quantitative estimate of drug-likeness (QED) is 0.579. The maximum Gasteiger partial charge on any atom is 0.408 e. The molecule has 8 nitrogen and oxygen atoms in total. The third-order valence-electron chi connectivity index (χ3n) is 6.32. The van der Waals surface area contributed by atoms with Crippen LogP contribution in [0.15, 0.2) is 29.5 Å². The minimum atomic E-state index is -1.03. The van der Waals surface area contributed by atoms with Crippen molar-refractivity contribution in [2.45, 2.75) is 71.5 Å². The van der Waals surface area contributed by atoms with Gasteiger partial charge in [-0.2, -0.15) is 5.26 Å². The van der Waals surface area contributed by atoms with E-state index in [0.717, 1.165) is 49.5 Å². The Bertz CT molecular complexity index is 1080. The van der Waals surface area contributed by atoms with Crippen LogP contribution in [0.4, 0.5) is 4.79 Å². The average molecular weight is 451 g/mol. The molecule has 1 aromatic heterocycles. The second-order valence-corrected chi connectivity index (χ2v) is 10.5. The number of nitrogens with zero attached hydrogens (tertiary/aromatic N) is 5. The van der Waals surface area contributed by atoms with E-state index in [1.165, 1.54) is 4.90 Å². The monoisotopic (exact) mass is 450 g/mol. The minimum absolute atomic E-state index is 0.0109. The Balaban J connectivity index is 1.76. The number of carbonyl (C=O) groups is 1. The molecule has 0 bridgehead atoms. The lowest BCUT2D eigenvalue weighted by molar-refractivity contribution is 0.0960. The number of hydrogen-bond donors (Lipinski definition) is 2. The molecule has 0 saturated heterocycles. The molecular formula is C25H34N6O2. The molecule has 1 fully saturated rings. The zero-order valence-corrected chi connectivity index (χ0v) is 20.0. The van der Waals surface area contributed by atoms with Gasteiger partial charge in [0.15, 0.2) is 0 Å². The smallest absolute Gasteiger partial charge is 0.408 e. The average Bonchev–Trinajstić information content (AvgIpc) is 3.13. The summed E-state index contributed by atoms with van der Waals surface area (Å²) in [7, 11) is 0. The number of rotatable bonds is 7. The molecule has 2 N–H and O–H groups in total.